The minimum absolute atomic E-state index is 0.0252. The van der Waals surface area contributed by atoms with Crippen molar-refractivity contribution in [2.24, 2.45) is 0 Å². The number of rotatable bonds is 5. The van der Waals surface area contributed by atoms with Crippen LogP contribution >= 0.6 is 0 Å². The maximum Gasteiger partial charge on any atom is 0.224 e. The van der Waals surface area contributed by atoms with Gasteiger partial charge in [-0.3, -0.25) is 9.63 Å². The van der Waals surface area contributed by atoms with Gasteiger partial charge < -0.3 is 9.88 Å². The molecule has 2 heterocycles. The summed E-state index contributed by atoms with van der Waals surface area (Å²) in [6.07, 6.45) is 2.75. The number of hydrogen-bond acceptors (Lipinski definition) is 3. The molecule has 0 bridgehead atoms. The van der Waals surface area contributed by atoms with Gasteiger partial charge >= 0.3 is 0 Å². The van der Waals surface area contributed by atoms with Crippen molar-refractivity contribution < 1.29 is 9.63 Å². The van der Waals surface area contributed by atoms with E-state index in [-0.39, 0.29) is 11.9 Å². The molecule has 124 valence electrons. The lowest BCUT2D eigenvalue weighted by Crippen LogP contribution is -2.36. The Labute approximate surface area is 137 Å². The number of carbonyl (C=O) groups excluding carboxylic acids is 1. The number of nitrogens with one attached hydrogen (secondary N) is 1. The van der Waals surface area contributed by atoms with Crippen molar-refractivity contribution in [1.82, 2.24) is 14.9 Å². The smallest absolute Gasteiger partial charge is 0.224 e. The molecule has 1 aliphatic heterocycles. The van der Waals surface area contributed by atoms with Crippen LogP contribution in [0.25, 0.3) is 10.9 Å². The normalized spacial score (nSPS) is 17.3. The van der Waals surface area contributed by atoms with Gasteiger partial charge in [0.1, 0.15) is 0 Å². The third kappa shape index (κ3) is 3.74. The molecule has 1 aromatic heterocycles. The number of para-hydroxylation sites is 1. The van der Waals surface area contributed by atoms with E-state index in [1.165, 1.54) is 5.39 Å². The highest BCUT2D eigenvalue weighted by molar-refractivity contribution is 5.81. The molecule has 23 heavy (non-hydrogen) atoms. The molecule has 1 fully saturated rings. The summed E-state index contributed by atoms with van der Waals surface area (Å²) in [5.74, 6) is 0.144. The van der Waals surface area contributed by atoms with E-state index < -0.39 is 0 Å². The third-order valence-corrected chi connectivity index (χ3v) is 4.63. The first-order chi connectivity index (χ1) is 11.1. The zero-order valence-corrected chi connectivity index (χ0v) is 13.9. The van der Waals surface area contributed by atoms with Gasteiger partial charge in [0, 0.05) is 37.8 Å². The van der Waals surface area contributed by atoms with Crippen LogP contribution in [0.3, 0.4) is 0 Å². The molecule has 3 rings (SSSR count). The first kappa shape index (κ1) is 16.0. The molecule has 0 saturated carbocycles. The molecule has 0 unspecified atom stereocenters. The van der Waals surface area contributed by atoms with Gasteiger partial charge in [-0.05, 0) is 37.3 Å². The van der Waals surface area contributed by atoms with Crippen LogP contribution in [0.4, 0.5) is 0 Å². The van der Waals surface area contributed by atoms with E-state index >= 15 is 0 Å². The minimum atomic E-state index is 0.0252. The summed E-state index contributed by atoms with van der Waals surface area (Å²) < 4.78 is 0. The van der Waals surface area contributed by atoms with Crippen molar-refractivity contribution in [2.45, 2.75) is 32.2 Å². The molecule has 2 aromatic rings. The predicted octanol–water partition coefficient (Wildman–Crippen LogP) is 3.10. The maximum absolute atomic E-state index is 12.4. The number of fused-ring (bicyclic) bond motifs is 1. The molecule has 0 radical (unpaired) electrons. The molecule has 1 saturated heterocycles. The van der Waals surface area contributed by atoms with Crippen LogP contribution in [0.15, 0.2) is 30.3 Å². The lowest BCUT2D eigenvalue weighted by atomic mass is 10.2. The van der Waals surface area contributed by atoms with Crippen LogP contribution in [0.1, 0.15) is 37.9 Å². The van der Waals surface area contributed by atoms with Gasteiger partial charge in [0.05, 0.1) is 12.6 Å². The third-order valence-electron chi connectivity index (χ3n) is 4.63. The van der Waals surface area contributed by atoms with Gasteiger partial charge in [-0.25, -0.2) is 0 Å². The average Bonchev–Trinajstić information content (AvgIpc) is 3.03. The quantitative estimate of drug-likeness (QED) is 0.922. The Hall–Kier alpha value is -1.85. The lowest BCUT2D eigenvalue weighted by Gasteiger charge is -2.28. The van der Waals surface area contributed by atoms with Crippen molar-refractivity contribution in [3.8, 4) is 0 Å². The van der Waals surface area contributed by atoms with Crippen LogP contribution in [-0.4, -0.2) is 47.6 Å². The fraction of sp³-hybridized carbons (Fsp3) is 0.500. The number of H-pyrrole nitrogens is 1. The number of hydroxylamine groups is 2. The molecule has 5 nitrogen and oxygen atoms in total. The Kier molecular flexibility index (Phi) is 4.98. The Bertz CT molecular complexity index is 628. The van der Waals surface area contributed by atoms with E-state index in [2.05, 4.69) is 30.1 Å². The fourth-order valence-corrected chi connectivity index (χ4v) is 2.97. The van der Waals surface area contributed by atoms with Gasteiger partial charge in [-0.15, -0.1) is 0 Å². The van der Waals surface area contributed by atoms with E-state index in [4.69, 9.17) is 4.84 Å². The van der Waals surface area contributed by atoms with Crippen LogP contribution in [-0.2, 0) is 9.63 Å². The Balaban J connectivity index is 1.59. The fourth-order valence-electron chi connectivity index (χ4n) is 2.97. The van der Waals surface area contributed by atoms with Crippen LogP contribution in [0.5, 0.6) is 0 Å². The zero-order valence-electron chi connectivity index (χ0n) is 13.9. The van der Waals surface area contributed by atoms with E-state index in [9.17, 15) is 4.79 Å². The van der Waals surface area contributed by atoms with Crippen molar-refractivity contribution in [1.29, 1.82) is 0 Å². The molecule has 0 aliphatic carbocycles. The number of benzene rings is 1. The second-order valence-electron chi connectivity index (χ2n) is 6.21. The van der Waals surface area contributed by atoms with E-state index in [1.807, 2.05) is 29.1 Å². The highest BCUT2D eigenvalue weighted by atomic mass is 16.7. The number of carbonyl (C=O) groups is 1. The van der Waals surface area contributed by atoms with Gasteiger partial charge in [-0.1, -0.05) is 18.2 Å². The van der Waals surface area contributed by atoms with Gasteiger partial charge in [0.25, 0.3) is 0 Å². The molecule has 1 amide bonds. The summed E-state index contributed by atoms with van der Waals surface area (Å²) in [5, 5.41) is 3.10. The van der Waals surface area contributed by atoms with Gasteiger partial charge in [-0.2, -0.15) is 5.06 Å². The summed E-state index contributed by atoms with van der Waals surface area (Å²) in [5.41, 5.74) is 2.17. The van der Waals surface area contributed by atoms with E-state index in [0.717, 1.165) is 37.2 Å². The summed E-state index contributed by atoms with van der Waals surface area (Å²) >= 11 is 0. The van der Waals surface area contributed by atoms with Gasteiger partial charge in [0.15, 0.2) is 0 Å². The summed E-state index contributed by atoms with van der Waals surface area (Å²) in [4.78, 5) is 23.2. The van der Waals surface area contributed by atoms with E-state index in [0.29, 0.717) is 13.0 Å². The highest BCUT2D eigenvalue weighted by Crippen LogP contribution is 2.23. The van der Waals surface area contributed by atoms with Crippen LogP contribution < -0.4 is 0 Å². The van der Waals surface area contributed by atoms with Crippen molar-refractivity contribution >= 4 is 16.8 Å². The monoisotopic (exact) mass is 315 g/mol. The first-order valence-corrected chi connectivity index (χ1v) is 8.36. The Morgan fingerprint density at radius 1 is 1.39 bits per heavy atom. The number of hydrogen-bond donors (Lipinski definition) is 1. The largest absolute Gasteiger partial charge is 0.357 e. The molecule has 1 atom stereocenters. The number of aromatic nitrogens is 1. The second kappa shape index (κ2) is 7.15. The van der Waals surface area contributed by atoms with Crippen LogP contribution in [0.2, 0.25) is 0 Å². The lowest BCUT2D eigenvalue weighted by molar-refractivity contribution is -0.182. The summed E-state index contributed by atoms with van der Waals surface area (Å²) in [6, 6.07) is 10.3. The molecule has 1 N–H and O–H groups in total. The van der Waals surface area contributed by atoms with E-state index in [1.54, 1.807) is 0 Å². The van der Waals surface area contributed by atoms with Crippen molar-refractivity contribution in [2.75, 3.05) is 26.7 Å². The Morgan fingerprint density at radius 2 is 2.22 bits per heavy atom. The number of amides is 1. The molecule has 1 aliphatic rings. The topological polar surface area (TPSA) is 48.6 Å². The summed E-state index contributed by atoms with van der Waals surface area (Å²) in [6.45, 7) is 4.42. The predicted molar refractivity (Wildman–Crippen MR) is 90.9 cm³/mol. The standard InChI is InChI=1S/C18H25N3O2/c1-14(17-13-15-7-3-4-8-16(15)19-17)20(2)18(22)9-11-21-10-5-6-12-23-21/h3-4,7-8,13-14,19H,5-6,9-12H2,1-2H3/t14-/m1/s1. The van der Waals surface area contributed by atoms with Crippen molar-refractivity contribution in [3.05, 3.63) is 36.0 Å². The minimum Gasteiger partial charge on any atom is -0.357 e. The maximum atomic E-state index is 12.4. The number of aromatic amines is 1. The molecular formula is C18H25N3O2. The SMILES string of the molecule is C[C@H](c1cc2ccccc2[nH]1)N(C)C(=O)CCN1CCCCO1. The van der Waals surface area contributed by atoms with Crippen LogP contribution in [0, 0.1) is 0 Å². The zero-order chi connectivity index (χ0) is 16.2. The Morgan fingerprint density at radius 3 is 2.96 bits per heavy atom. The van der Waals surface area contributed by atoms with Crippen molar-refractivity contribution in [3.63, 3.8) is 0 Å². The second-order valence-corrected chi connectivity index (χ2v) is 6.21. The average molecular weight is 315 g/mol. The molecule has 1 aromatic carbocycles. The van der Waals surface area contributed by atoms with Gasteiger partial charge in [0.2, 0.25) is 5.91 Å². The highest BCUT2D eigenvalue weighted by Gasteiger charge is 2.20. The molecule has 5 heteroatoms. The first-order valence-electron chi connectivity index (χ1n) is 8.36. The number of nitrogens with zero attached hydrogens (tertiary/aromatic N) is 2. The molecule has 0 spiro atoms. The summed E-state index contributed by atoms with van der Waals surface area (Å²) in [7, 11) is 1.87. The molecular weight excluding hydrogens is 290 g/mol.